The molecule has 0 bridgehead atoms. The highest BCUT2D eigenvalue weighted by Crippen LogP contribution is 2.21. The molecule has 0 spiro atoms. The lowest BCUT2D eigenvalue weighted by Gasteiger charge is -2.36. The molecule has 1 aliphatic rings. The lowest BCUT2D eigenvalue weighted by atomic mass is 10.2. The van der Waals surface area contributed by atoms with Crippen molar-refractivity contribution in [1.29, 1.82) is 0 Å². The van der Waals surface area contributed by atoms with Crippen LogP contribution >= 0.6 is 0 Å². The summed E-state index contributed by atoms with van der Waals surface area (Å²) in [6.45, 7) is -0.128. The highest BCUT2D eigenvalue weighted by Gasteiger charge is 2.32. The van der Waals surface area contributed by atoms with Crippen LogP contribution in [0.25, 0.3) is 5.65 Å². The number of aliphatic hydroxyl groups excluding tert-OH is 1. The van der Waals surface area contributed by atoms with E-state index in [9.17, 15) is 17.6 Å². The van der Waals surface area contributed by atoms with Crippen LogP contribution in [0.1, 0.15) is 12.2 Å². The molecule has 1 N–H and O–H groups in total. The molecule has 0 atom stereocenters. The molecule has 1 aliphatic heterocycles. The fraction of sp³-hybridized carbons (Fsp3) is 0.615. The molecule has 1 saturated heterocycles. The zero-order chi connectivity index (χ0) is 17.3. The van der Waals surface area contributed by atoms with Crippen molar-refractivity contribution in [2.24, 2.45) is 0 Å². The predicted octanol–water partition coefficient (Wildman–Crippen LogP) is 0.811. The van der Waals surface area contributed by atoms with Crippen LogP contribution in [0, 0.1) is 0 Å². The number of nitrogens with zero attached hydrogens (tertiary/aromatic N) is 6. The van der Waals surface area contributed by atoms with Crippen molar-refractivity contribution in [3.05, 3.63) is 18.0 Å². The van der Waals surface area contributed by atoms with Crippen molar-refractivity contribution in [3.63, 3.8) is 0 Å². The second-order valence-electron chi connectivity index (χ2n) is 5.60. The molecule has 0 radical (unpaired) electrons. The number of halogens is 4. The number of fused-ring (bicyclic) bond motifs is 1. The Bertz CT molecular complexity index is 701. The van der Waals surface area contributed by atoms with Crippen LogP contribution in [-0.4, -0.2) is 75.1 Å². The zero-order valence-electron chi connectivity index (χ0n) is 12.6. The number of piperazine rings is 1. The van der Waals surface area contributed by atoms with Gasteiger partial charge in [0.15, 0.2) is 5.65 Å². The molecule has 0 unspecified atom stereocenters. The Morgan fingerprint density at radius 2 is 1.83 bits per heavy atom. The van der Waals surface area contributed by atoms with Gasteiger partial charge < -0.3 is 10.0 Å². The van der Waals surface area contributed by atoms with Gasteiger partial charge >= 0.3 is 0 Å². The Morgan fingerprint density at radius 3 is 2.46 bits per heavy atom. The van der Waals surface area contributed by atoms with E-state index in [1.807, 2.05) is 4.90 Å². The van der Waals surface area contributed by atoms with Crippen molar-refractivity contribution in [2.75, 3.05) is 44.2 Å². The van der Waals surface area contributed by atoms with E-state index >= 15 is 0 Å². The topological polar surface area (TPSA) is 69.8 Å². The first-order chi connectivity index (χ1) is 11.4. The molecule has 1 fully saturated rings. The highest BCUT2D eigenvalue weighted by atomic mass is 19.3. The first-order valence-electron chi connectivity index (χ1n) is 7.36. The number of alkyl halides is 4. The first kappa shape index (κ1) is 16.8. The van der Waals surface area contributed by atoms with E-state index in [1.54, 1.807) is 11.0 Å². The van der Waals surface area contributed by atoms with E-state index in [4.69, 9.17) is 5.11 Å². The van der Waals surface area contributed by atoms with E-state index in [0.29, 0.717) is 32.0 Å². The van der Waals surface area contributed by atoms with Gasteiger partial charge in [-0.15, -0.1) is 15.3 Å². The molecule has 3 heterocycles. The van der Waals surface area contributed by atoms with E-state index in [2.05, 4.69) is 15.3 Å². The lowest BCUT2D eigenvalue weighted by molar-refractivity contribution is -0.0733. The third-order valence-electron chi connectivity index (χ3n) is 3.85. The maximum Gasteiger partial charge on any atom is 0.299 e. The maximum absolute atomic E-state index is 13.2. The zero-order valence-corrected chi connectivity index (χ0v) is 12.6. The summed E-state index contributed by atoms with van der Waals surface area (Å²) < 4.78 is 53.2. The predicted molar refractivity (Wildman–Crippen MR) is 76.4 cm³/mol. The number of hydrogen-bond acceptors (Lipinski definition) is 6. The van der Waals surface area contributed by atoms with Gasteiger partial charge in [0.2, 0.25) is 5.82 Å². The summed E-state index contributed by atoms with van der Waals surface area (Å²) in [5.74, 6) is -3.21. The average molecular weight is 348 g/mol. The minimum Gasteiger partial charge on any atom is -0.390 e. The normalized spacial score (nSPS) is 17.2. The van der Waals surface area contributed by atoms with E-state index in [0.717, 1.165) is 4.52 Å². The smallest absolute Gasteiger partial charge is 0.299 e. The number of hydrogen-bond donors (Lipinski definition) is 1. The molecule has 24 heavy (non-hydrogen) atoms. The SMILES string of the molecule is OCC(F)(F)CN1CCN(c2ccc3nnc(C(F)F)n3n2)CC1. The fourth-order valence-corrected chi connectivity index (χ4v) is 2.61. The van der Waals surface area contributed by atoms with Crippen molar-refractivity contribution >= 4 is 11.5 Å². The largest absolute Gasteiger partial charge is 0.390 e. The fourth-order valence-electron chi connectivity index (χ4n) is 2.61. The lowest BCUT2D eigenvalue weighted by Crippen LogP contribution is -2.50. The van der Waals surface area contributed by atoms with E-state index < -0.39 is 31.3 Å². The molecule has 0 saturated carbocycles. The summed E-state index contributed by atoms with van der Waals surface area (Å²) in [6, 6.07) is 3.17. The van der Waals surface area contributed by atoms with Gasteiger partial charge in [-0.2, -0.15) is 4.52 Å². The molecule has 7 nitrogen and oxygen atoms in total. The van der Waals surface area contributed by atoms with Crippen LogP contribution in [0.4, 0.5) is 23.4 Å². The second-order valence-corrected chi connectivity index (χ2v) is 5.60. The maximum atomic E-state index is 13.2. The third kappa shape index (κ3) is 3.41. The molecule has 132 valence electrons. The van der Waals surface area contributed by atoms with Gasteiger partial charge in [0, 0.05) is 26.2 Å². The molecule has 2 aromatic heterocycles. The number of rotatable bonds is 5. The van der Waals surface area contributed by atoms with Crippen LogP contribution in [-0.2, 0) is 0 Å². The molecule has 0 amide bonds. The molecule has 2 aromatic rings. The second kappa shape index (κ2) is 6.48. The van der Waals surface area contributed by atoms with Crippen molar-refractivity contribution in [1.82, 2.24) is 24.7 Å². The summed E-state index contributed by atoms with van der Waals surface area (Å²) in [5.41, 5.74) is 0.218. The Kier molecular flexibility index (Phi) is 4.54. The van der Waals surface area contributed by atoms with Crippen LogP contribution < -0.4 is 4.90 Å². The van der Waals surface area contributed by atoms with Gasteiger partial charge in [-0.3, -0.25) is 4.90 Å². The van der Waals surface area contributed by atoms with Crippen molar-refractivity contribution in [2.45, 2.75) is 12.3 Å². The minimum atomic E-state index is -3.13. The van der Waals surface area contributed by atoms with Gasteiger partial charge in [-0.25, -0.2) is 17.6 Å². The van der Waals surface area contributed by atoms with E-state index in [1.165, 1.54) is 6.07 Å². The van der Waals surface area contributed by atoms with Crippen LogP contribution in [0.3, 0.4) is 0 Å². The van der Waals surface area contributed by atoms with Gasteiger partial charge in [-0.05, 0) is 12.1 Å². The highest BCUT2D eigenvalue weighted by molar-refractivity contribution is 5.46. The number of anilines is 1. The van der Waals surface area contributed by atoms with Gasteiger partial charge in [0.05, 0.1) is 6.54 Å². The summed E-state index contributed by atoms with van der Waals surface area (Å²) in [7, 11) is 0. The molecule has 0 aromatic carbocycles. The third-order valence-corrected chi connectivity index (χ3v) is 3.85. The van der Waals surface area contributed by atoms with Crippen LogP contribution in [0.5, 0.6) is 0 Å². The molecular weight excluding hydrogens is 332 g/mol. The summed E-state index contributed by atoms with van der Waals surface area (Å²) in [6.07, 6.45) is -2.79. The van der Waals surface area contributed by atoms with Gasteiger partial charge in [0.1, 0.15) is 12.4 Å². The van der Waals surface area contributed by atoms with Crippen molar-refractivity contribution in [3.8, 4) is 0 Å². The van der Waals surface area contributed by atoms with Crippen LogP contribution in [0.2, 0.25) is 0 Å². The number of aromatic nitrogens is 4. The summed E-state index contributed by atoms with van der Waals surface area (Å²) in [4.78, 5) is 3.37. The molecule has 11 heteroatoms. The number of aliphatic hydroxyl groups is 1. The van der Waals surface area contributed by atoms with Gasteiger partial charge in [-0.1, -0.05) is 0 Å². The first-order valence-corrected chi connectivity index (χ1v) is 7.36. The minimum absolute atomic E-state index is 0.218. The molecule has 0 aliphatic carbocycles. The van der Waals surface area contributed by atoms with Gasteiger partial charge in [0.25, 0.3) is 12.3 Å². The van der Waals surface area contributed by atoms with Crippen molar-refractivity contribution < 1.29 is 22.7 Å². The molecule has 3 rings (SSSR count). The molecular formula is C13H16F4N6O. The van der Waals surface area contributed by atoms with E-state index in [-0.39, 0.29) is 5.65 Å². The quantitative estimate of drug-likeness (QED) is 0.807. The average Bonchev–Trinajstić information content (AvgIpc) is 2.98. The van der Waals surface area contributed by atoms with Crippen LogP contribution in [0.15, 0.2) is 12.1 Å². The Hall–Kier alpha value is -2.01. The Balaban J connectivity index is 1.70. The Labute approximate surface area is 134 Å². The monoisotopic (exact) mass is 348 g/mol. The summed E-state index contributed by atoms with van der Waals surface area (Å²) >= 11 is 0. The standard InChI is InChI=1S/C13H16F4N6O/c14-11(15)12-19-18-9-1-2-10(20-23(9)12)22-5-3-21(4-6-22)7-13(16,17)8-24/h1-2,11,24H,3-8H2. The summed E-state index contributed by atoms with van der Waals surface area (Å²) in [5, 5.41) is 19.8. The Morgan fingerprint density at radius 1 is 1.12 bits per heavy atom.